The number of imidazole rings is 1. The van der Waals surface area contributed by atoms with E-state index >= 15 is 0 Å². The Morgan fingerprint density at radius 1 is 1.53 bits per heavy atom. The smallest absolute Gasteiger partial charge is 0.0953 e. The highest BCUT2D eigenvalue weighted by Gasteiger charge is 2.24. The van der Waals surface area contributed by atoms with Crippen LogP contribution in [0.4, 0.5) is 0 Å². The molecule has 2 aliphatic rings. The molecule has 2 fully saturated rings. The Hall–Kier alpha value is -0.870. The number of nitrogens with one attached hydrogen (secondary N) is 1. The minimum Gasteiger partial charge on any atom is -0.376 e. The van der Waals surface area contributed by atoms with Gasteiger partial charge in [-0.1, -0.05) is 0 Å². The molecule has 2 heterocycles. The second-order valence-electron chi connectivity index (χ2n) is 5.26. The first-order valence-electron chi connectivity index (χ1n) is 6.70. The third-order valence-corrected chi connectivity index (χ3v) is 3.78. The van der Waals surface area contributed by atoms with Gasteiger partial charge in [-0.3, -0.25) is 0 Å². The van der Waals surface area contributed by atoms with E-state index in [0.717, 1.165) is 24.9 Å². The van der Waals surface area contributed by atoms with Gasteiger partial charge in [0.05, 0.1) is 24.2 Å². The van der Waals surface area contributed by atoms with Crippen molar-refractivity contribution in [1.82, 2.24) is 14.9 Å². The summed E-state index contributed by atoms with van der Waals surface area (Å²) in [7, 11) is 0. The van der Waals surface area contributed by atoms with Gasteiger partial charge in [0, 0.05) is 25.4 Å². The summed E-state index contributed by atoms with van der Waals surface area (Å²) >= 11 is 0. The van der Waals surface area contributed by atoms with E-state index in [1.807, 2.05) is 6.33 Å². The van der Waals surface area contributed by atoms with Gasteiger partial charge in [-0.2, -0.15) is 0 Å². The molecule has 0 amide bonds. The number of aromatic nitrogens is 2. The number of rotatable bonds is 5. The Kier molecular flexibility index (Phi) is 3.16. The SMILES string of the molecule is CC(C1CCCO1)n1cnc(CNC2CC2)c1. The van der Waals surface area contributed by atoms with Gasteiger partial charge in [-0.05, 0) is 32.6 Å². The van der Waals surface area contributed by atoms with Crippen molar-refractivity contribution in [2.24, 2.45) is 0 Å². The van der Waals surface area contributed by atoms with Crippen LogP contribution >= 0.6 is 0 Å². The van der Waals surface area contributed by atoms with Crippen molar-refractivity contribution in [2.75, 3.05) is 6.61 Å². The summed E-state index contributed by atoms with van der Waals surface area (Å²) < 4.78 is 7.92. The molecule has 2 unspecified atom stereocenters. The first-order chi connectivity index (χ1) is 8.33. The quantitative estimate of drug-likeness (QED) is 0.847. The molecule has 1 aliphatic heterocycles. The maximum Gasteiger partial charge on any atom is 0.0953 e. The van der Waals surface area contributed by atoms with Gasteiger partial charge in [-0.25, -0.2) is 4.98 Å². The monoisotopic (exact) mass is 235 g/mol. The van der Waals surface area contributed by atoms with Crippen LogP contribution in [0.3, 0.4) is 0 Å². The van der Waals surface area contributed by atoms with Crippen LogP contribution in [0.2, 0.25) is 0 Å². The van der Waals surface area contributed by atoms with Crippen molar-refractivity contribution < 1.29 is 4.74 Å². The van der Waals surface area contributed by atoms with Crippen LogP contribution < -0.4 is 5.32 Å². The van der Waals surface area contributed by atoms with Gasteiger partial charge in [0.2, 0.25) is 0 Å². The van der Waals surface area contributed by atoms with E-state index in [2.05, 4.69) is 28.0 Å². The van der Waals surface area contributed by atoms with Crippen LogP contribution in [0.5, 0.6) is 0 Å². The van der Waals surface area contributed by atoms with Crippen molar-refractivity contribution in [1.29, 1.82) is 0 Å². The van der Waals surface area contributed by atoms with Crippen molar-refractivity contribution >= 4 is 0 Å². The summed E-state index contributed by atoms with van der Waals surface area (Å²) in [5.41, 5.74) is 1.14. The Balaban J connectivity index is 1.57. The lowest BCUT2D eigenvalue weighted by molar-refractivity contribution is 0.0732. The van der Waals surface area contributed by atoms with Gasteiger partial charge in [0.15, 0.2) is 0 Å². The molecule has 0 radical (unpaired) electrons. The average molecular weight is 235 g/mol. The van der Waals surface area contributed by atoms with Gasteiger partial charge < -0.3 is 14.6 Å². The molecule has 17 heavy (non-hydrogen) atoms. The zero-order valence-electron chi connectivity index (χ0n) is 10.4. The van der Waals surface area contributed by atoms with Crippen molar-refractivity contribution in [3.05, 3.63) is 18.2 Å². The Bertz CT molecular complexity index is 366. The molecule has 3 rings (SSSR count). The maximum atomic E-state index is 5.72. The number of nitrogens with zero attached hydrogens (tertiary/aromatic N) is 2. The molecular formula is C13H21N3O. The third kappa shape index (κ3) is 2.69. The molecular weight excluding hydrogens is 214 g/mol. The highest BCUT2D eigenvalue weighted by atomic mass is 16.5. The fraction of sp³-hybridized carbons (Fsp3) is 0.769. The van der Waals surface area contributed by atoms with E-state index in [1.54, 1.807) is 0 Å². The van der Waals surface area contributed by atoms with E-state index in [-0.39, 0.29) is 0 Å². The highest BCUT2D eigenvalue weighted by molar-refractivity contribution is 5.00. The van der Waals surface area contributed by atoms with Crippen molar-refractivity contribution in [3.63, 3.8) is 0 Å². The van der Waals surface area contributed by atoms with Crippen molar-refractivity contribution in [3.8, 4) is 0 Å². The summed E-state index contributed by atoms with van der Waals surface area (Å²) in [5.74, 6) is 0. The number of hydrogen-bond donors (Lipinski definition) is 1. The fourth-order valence-electron chi connectivity index (χ4n) is 2.40. The zero-order valence-corrected chi connectivity index (χ0v) is 10.4. The lowest BCUT2D eigenvalue weighted by atomic mass is 10.1. The van der Waals surface area contributed by atoms with E-state index in [9.17, 15) is 0 Å². The number of ether oxygens (including phenoxy) is 1. The standard InChI is InChI=1S/C13H21N3O/c1-10(13-3-2-6-17-13)16-8-12(15-9-16)7-14-11-4-5-11/h8-11,13-14H,2-7H2,1H3. The van der Waals surface area contributed by atoms with Crippen LogP contribution in [0.25, 0.3) is 0 Å². The Morgan fingerprint density at radius 3 is 3.12 bits per heavy atom. The van der Waals surface area contributed by atoms with Gasteiger partial charge in [-0.15, -0.1) is 0 Å². The molecule has 1 aliphatic carbocycles. The molecule has 0 bridgehead atoms. The molecule has 1 aromatic rings. The first kappa shape index (κ1) is 11.2. The molecule has 1 saturated carbocycles. The molecule has 1 aromatic heterocycles. The largest absolute Gasteiger partial charge is 0.376 e. The lowest BCUT2D eigenvalue weighted by Gasteiger charge is -2.19. The summed E-state index contributed by atoms with van der Waals surface area (Å²) in [6.45, 7) is 4.03. The molecule has 4 heteroatoms. The van der Waals surface area contributed by atoms with Gasteiger partial charge in [0.25, 0.3) is 0 Å². The van der Waals surface area contributed by atoms with E-state index < -0.39 is 0 Å². The van der Waals surface area contributed by atoms with E-state index in [4.69, 9.17) is 4.74 Å². The zero-order chi connectivity index (χ0) is 11.7. The lowest BCUT2D eigenvalue weighted by Crippen LogP contribution is -2.20. The number of hydrogen-bond acceptors (Lipinski definition) is 3. The van der Waals surface area contributed by atoms with Crippen LogP contribution in [-0.4, -0.2) is 28.3 Å². The molecule has 94 valence electrons. The van der Waals surface area contributed by atoms with E-state index in [0.29, 0.717) is 12.1 Å². The fourth-order valence-corrected chi connectivity index (χ4v) is 2.40. The highest BCUT2D eigenvalue weighted by Crippen LogP contribution is 2.24. The predicted molar refractivity (Wildman–Crippen MR) is 65.8 cm³/mol. The molecule has 1 saturated heterocycles. The predicted octanol–water partition coefficient (Wildman–Crippen LogP) is 1.88. The van der Waals surface area contributed by atoms with Gasteiger partial charge in [0.1, 0.15) is 0 Å². The second-order valence-corrected chi connectivity index (χ2v) is 5.26. The topological polar surface area (TPSA) is 39.1 Å². The Morgan fingerprint density at radius 2 is 2.41 bits per heavy atom. The molecule has 2 atom stereocenters. The van der Waals surface area contributed by atoms with Crippen LogP contribution in [0, 0.1) is 0 Å². The molecule has 0 aromatic carbocycles. The second kappa shape index (κ2) is 4.78. The van der Waals surface area contributed by atoms with E-state index in [1.165, 1.54) is 25.7 Å². The third-order valence-electron chi connectivity index (χ3n) is 3.78. The summed E-state index contributed by atoms with van der Waals surface area (Å²) in [5, 5.41) is 3.49. The maximum absolute atomic E-state index is 5.72. The molecule has 0 spiro atoms. The Labute approximate surface area is 102 Å². The summed E-state index contributed by atoms with van der Waals surface area (Å²) in [4.78, 5) is 4.45. The van der Waals surface area contributed by atoms with Gasteiger partial charge >= 0.3 is 0 Å². The minimum absolute atomic E-state index is 0.369. The van der Waals surface area contributed by atoms with Crippen LogP contribution in [0.1, 0.15) is 44.3 Å². The summed E-state index contributed by atoms with van der Waals surface area (Å²) in [6, 6.07) is 1.15. The average Bonchev–Trinajstić information content (AvgIpc) is 2.86. The normalized spacial score (nSPS) is 26.3. The van der Waals surface area contributed by atoms with Crippen LogP contribution in [0.15, 0.2) is 12.5 Å². The molecule has 1 N–H and O–H groups in total. The minimum atomic E-state index is 0.369. The molecule has 4 nitrogen and oxygen atoms in total. The van der Waals surface area contributed by atoms with Crippen molar-refractivity contribution in [2.45, 2.75) is 57.3 Å². The van der Waals surface area contributed by atoms with Crippen LogP contribution in [-0.2, 0) is 11.3 Å². The summed E-state index contributed by atoms with van der Waals surface area (Å²) in [6.07, 6.45) is 9.49. The first-order valence-corrected chi connectivity index (χ1v) is 6.70.